The smallest absolute Gasteiger partial charge is 0.351 e. The molecule has 3 amide bonds. The number of piperidine rings is 2. The number of sulfonamides is 1. The number of aryl methyl sites for hydroxylation is 1. The van der Waals surface area contributed by atoms with Crippen LogP contribution in [-0.2, 0) is 47.3 Å². The van der Waals surface area contributed by atoms with Gasteiger partial charge in [0.05, 0.1) is 33.6 Å². The van der Waals surface area contributed by atoms with Crippen LogP contribution < -0.4 is 15.5 Å². The highest BCUT2D eigenvalue weighted by Crippen LogP contribution is 2.41. The molecule has 3 aliphatic rings. The number of fused-ring (bicyclic) bond motifs is 1. The van der Waals surface area contributed by atoms with Crippen LogP contribution in [0.2, 0.25) is 0 Å². The zero-order valence-corrected chi connectivity index (χ0v) is 35.3. The van der Waals surface area contributed by atoms with E-state index in [1.165, 1.54) is 17.0 Å². The molecule has 14 nitrogen and oxygen atoms in total. The molecule has 24 heteroatoms. The second-order valence-electron chi connectivity index (χ2n) is 16.3. The number of hydrogen-bond acceptors (Lipinski definition) is 9. The van der Waals surface area contributed by atoms with Crippen LogP contribution >= 0.6 is 0 Å². The number of amides is 3. The first-order valence-corrected chi connectivity index (χ1v) is 21.9. The largest absolute Gasteiger partial charge is 0.419 e. The summed E-state index contributed by atoms with van der Waals surface area (Å²) in [5, 5.41) is 9.48. The van der Waals surface area contributed by atoms with Crippen LogP contribution in [0.25, 0.3) is 22.2 Å². The minimum absolute atomic E-state index is 0.00833. The van der Waals surface area contributed by atoms with Crippen molar-refractivity contribution < 1.29 is 57.5 Å². The number of halogens is 9. The molecule has 3 saturated heterocycles. The van der Waals surface area contributed by atoms with Crippen molar-refractivity contribution in [3.63, 3.8) is 0 Å². The summed E-state index contributed by atoms with van der Waals surface area (Å²) in [6, 6.07) is 8.28. The van der Waals surface area contributed by atoms with Crippen LogP contribution in [0.15, 0.2) is 66.1 Å². The first kappa shape index (κ1) is 45.8. The fourth-order valence-electron chi connectivity index (χ4n) is 8.75. The Balaban J connectivity index is 0.925. The van der Waals surface area contributed by atoms with Crippen LogP contribution in [0.4, 0.5) is 55.9 Å². The molecule has 0 bridgehead atoms. The Bertz CT molecular complexity index is 2720. The lowest BCUT2D eigenvalue weighted by atomic mass is 9.88. The van der Waals surface area contributed by atoms with Gasteiger partial charge in [-0.1, -0.05) is 24.3 Å². The van der Waals surface area contributed by atoms with Gasteiger partial charge in [0.25, 0.3) is 0 Å². The van der Waals surface area contributed by atoms with Crippen LogP contribution in [-0.4, -0.2) is 98.8 Å². The van der Waals surface area contributed by atoms with Crippen molar-refractivity contribution in [3.8, 4) is 11.3 Å². The molecule has 5 aromatic rings. The number of anilines is 2. The van der Waals surface area contributed by atoms with Gasteiger partial charge in [-0.3, -0.25) is 24.6 Å². The normalized spacial score (nSPS) is 18.2. The summed E-state index contributed by atoms with van der Waals surface area (Å²) in [7, 11) is -2.86. The van der Waals surface area contributed by atoms with Gasteiger partial charge in [-0.15, -0.1) is 0 Å². The average Bonchev–Trinajstić information content (AvgIpc) is 3.83. The summed E-state index contributed by atoms with van der Waals surface area (Å²) in [6.45, 7) is -1.09. The van der Waals surface area contributed by atoms with Crippen molar-refractivity contribution in [2.75, 3.05) is 42.9 Å². The molecule has 0 aliphatic carbocycles. The molecule has 3 fully saturated rings. The summed E-state index contributed by atoms with van der Waals surface area (Å²) < 4.78 is 156. The number of urea groups is 1. The van der Waals surface area contributed by atoms with Gasteiger partial charge in [-0.05, 0) is 68.0 Å². The number of hydrogen-bond donors (Lipinski definition) is 2. The SMILES string of the molecule is Cn1cc(N2CCC(=O)NC2=O)c2ccc(C3CCN(Cc4cccc(S(=O)(=O)N5CCC(Nc6ncc(C(F)(F)F)c(-c7cnn(CC(F)(F)F)c7)n6)CC5)c4C(F)(F)F)CC3)cc21. The van der Waals surface area contributed by atoms with Gasteiger partial charge in [0, 0.05) is 75.2 Å². The minimum Gasteiger partial charge on any atom is -0.351 e. The second-order valence-corrected chi connectivity index (χ2v) is 18.2. The number of alkyl halides is 9. The minimum atomic E-state index is -5.04. The van der Waals surface area contributed by atoms with E-state index in [1.807, 2.05) is 40.9 Å². The first-order valence-electron chi connectivity index (χ1n) is 20.5. The predicted octanol–water partition coefficient (Wildman–Crippen LogP) is 7.52. The molecule has 0 spiro atoms. The number of carbonyl (C=O) groups excluding carboxylic acids is 2. The lowest BCUT2D eigenvalue weighted by Crippen LogP contribution is -2.49. The predicted molar refractivity (Wildman–Crippen MR) is 217 cm³/mol. The Labute approximate surface area is 365 Å². The van der Waals surface area contributed by atoms with E-state index in [0.29, 0.717) is 42.5 Å². The van der Waals surface area contributed by atoms with Gasteiger partial charge in [0.2, 0.25) is 21.9 Å². The van der Waals surface area contributed by atoms with E-state index in [4.69, 9.17) is 0 Å². The van der Waals surface area contributed by atoms with Gasteiger partial charge < -0.3 is 9.88 Å². The van der Waals surface area contributed by atoms with E-state index in [-0.39, 0.29) is 74.3 Å². The number of imide groups is 1. The molecule has 348 valence electrons. The topological polar surface area (TPSA) is 151 Å². The Morgan fingerprint density at radius 1 is 0.862 bits per heavy atom. The maximum absolute atomic E-state index is 14.9. The van der Waals surface area contributed by atoms with Gasteiger partial charge in [-0.25, -0.2) is 23.2 Å². The summed E-state index contributed by atoms with van der Waals surface area (Å²) in [6.07, 6.45) is -9.41. The standard InChI is InChI=1S/C41H41F9N10O4S/c1-56-22-32(60-16-11-34(61)54-38(60)62)29-6-5-25(17-31(29)56)24-7-12-57(13-8-24)20-26-3-2-4-33(35(26)41(48,49)50)65(63,64)59-14-9-28(10-15-59)53-37-51-19-30(40(45,46)47)36(55-37)27-18-52-58(21-27)23-39(42,43)44/h2-6,17-19,21-22,24,28H,7-16,20,23H2,1H3,(H,51,53,55)(H,54,61,62). The molecule has 65 heavy (non-hydrogen) atoms. The second kappa shape index (κ2) is 17.2. The van der Waals surface area contributed by atoms with Gasteiger partial charge in [-0.2, -0.15) is 48.9 Å². The van der Waals surface area contributed by atoms with E-state index < -0.39 is 68.9 Å². The fourth-order valence-corrected chi connectivity index (χ4v) is 10.5. The molecule has 0 saturated carbocycles. The van der Waals surface area contributed by atoms with Crippen molar-refractivity contribution in [3.05, 3.63) is 83.4 Å². The molecule has 6 heterocycles. The number of nitrogens with one attached hydrogen (secondary N) is 2. The summed E-state index contributed by atoms with van der Waals surface area (Å²) >= 11 is 0. The van der Waals surface area contributed by atoms with E-state index in [9.17, 15) is 57.5 Å². The molecular weight excluding hydrogens is 900 g/mol. The van der Waals surface area contributed by atoms with E-state index in [2.05, 4.69) is 25.7 Å². The Hall–Kier alpha value is -5.75. The summed E-state index contributed by atoms with van der Waals surface area (Å²) in [5.74, 6) is -0.580. The number of aromatic nitrogens is 5. The third-order valence-electron chi connectivity index (χ3n) is 11.9. The maximum atomic E-state index is 14.9. The van der Waals surface area contributed by atoms with Crippen molar-refractivity contribution >= 4 is 44.5 Å². The van der Waals surface area contributed by atoms with Crippen LogP contribution in [0.5, 0.6) is 0 Å². The highest BCUT2D eigenvalue weighted by atomic mass is 32.2. The Morgan fingerprint density at radius 2 is 1.58 bits per heavy atom. The molecule has 8 rings (SSSR count). The number of benzene rings is 2. The zero-order chi connectivity index (χ0) is 46.6. The van der Waals surface area contributed by atoms with Crippen LogP contribution in [0.3, 0.4) is 0 Å². The molecule has 0 atom stereocenters. The quantitative estimate of drug-likeness (QED) is 0.136. The highest BCUT2D eigenvalue weighted by Gasteiger charge is 2.43. The monoisotopic (exact) mass is 940 g/mol. The number of carbonyl (C=O) groups is 2. The van der Waals surface area contributed by atoms with Gasteiger partial charge >= 0.3 is 24.6 Å². The van der Waals surface area contributed by atoms with Crippen molar-refractivity contribution in [2.45, 2.75) is 80.6 Å². The lowest BCUT2D eigenvalue weighted by molar-refractivity contribution is -0.143. The Kier molecular flexibility index (Phi) is 12.1. The third kappa shape index (κ3) is 9.78. The van der Waals surface area contributed by atoms with Gasteiger partial charge in [0.15, 0.2) is 0 Å². The molecule has 0 unspecified atom stereocenters. The molecule has 2 aromatic carbocycles. The van der Waals surface area contributed by atoms with E-state index >= 15 is 0 Å². The molecular formula is C41H41F9N10O4S. The van der Waals surface area contributed by atoms with E-state index in [0.717, 1.165) is 39.2 Å². The lowest BCUT2D eigenvalue weighted by Gasteiger charge is -2.34. The van der Waals surface area contributed by atoms with Crippen molar-refractivity contribution in [1.29, 1.82) is 0 Å². The third-order valence-corrected chi connectivity index (χ3v) is 13.9. The summed E-state index contributed by atoms with van der Waals surface area (Å²) in [5.41, 5.74) is -1.31. The fraction of sp³-hybridized carbons (Fsp3) is 0.439. The van der Waals surface area contributed by atoms with Gasteiger partial charge in [0.1, 0.15) is 12.1 Å². The molecule has 3 aliphatic heterocycles. The molecule has 2 N–H and O–H groups in total. The number of likely N-dealkylation sites (tertiary alicyclic amines) is 1. The van der Waals surface area contributed by atoms with Crippen LogP contribution in [0.1, 0.15) is 60.3 Å². The summed E-state index contributed by atoms with van der Waals surface area (Å²) in [4.78, 5) is 34.4. The molecule has 3 aromatic heterocycles. The Morgan fingerprint density at radius 3 is 2.25 bits per heavy atom. The molecule has 0 radical (unpaired) electrons. The first-order chi connectivity index (χ1) is 30.5. The van der Waals surface area contributed by atoms with Crippen molar-refractivity contribution in [1.82, 2.24) is 38.8 Å². The zero-order valence-electron chi connectivity index (χ0n) is 34.4. The highest BCUT2D eigenvalue weighted by molar-refractivity contribution is 7.89. The van der Waals surface area contributed by atoms with Crippen LogP contribution in [0, 0.1) is 0 Å². The van der Waals surface area contributed by atoms with E-state index in [1.54, 1.807) is 0 Å². The number of nitrogens with zero attached hydrogens (tertiary/aromatic N) is 8. The maximum Gasteiger partial charge on any atom is 0.419 e. The average molecular weight is 941 g/mol. The number of rotatable bonds is 10. The van der Waals surface area contributed by atoms with Crippen molar-refractivity contribution in [2.24, 2.45) is 7.05 Å².